The van der Waals surface area contributed by atoms with Gasteiger partial charge in [0, 0.05) is 5.69 Å². The topological polar surface area (TPSA) is 112 Å². The summed E-state index contributed by atoms with van der Waals surface area (Å²) in [5.41, 5.74) is 0.250. The van der Waals surface area contributed by atoms with E-state index in [0.29, 0.717) is 0 Å². The Morgan fingerprint density at radius 1 is 1.10 bits per heavy atom. The van der Waals surface area contributed by atoms with Crippen molar-refractivity contribution in [2.24, 2.45) is 0 Å². The number of benzene rings is 1. The average molecular weight is 295 g/mol. The molecule has 0 aliphatic carbocycles. The van der Waals surface area contributed by atoms with Gasteiger partial charge in [-0.3, -0.25) is 14.7 Å². The maximum absolute atomic E-state index is 12.0. The molecule has 1 aromatic carbocycles. The summed E-state index contributed by atoms with van der Waals surface area (Å²) in [7, 11) is -4.00. The normalized spacial score (nSPS) is 11.3. The number of amides is 1. The van der Waals surface area contributed by atoms with Gasteiger partial charge in [0.05, 0.1) is 4.90 Å². The minimum absolute atomic E-state index is 0.0407. The molecule has 0 saturated heterocycles. The van der Waals surface area contributed by atoms with E-state index in [1.165, 1.54) is 19.1 Å². The number of aryl methyl sites for hydroxylation is 2. The molecule has 2 aromatic rings. The van der Waals surface area contributed by atoms with Crippen LogP contribution < -0.4 is 10.3 Å². The number of H-pyrrole nitrogens is 2. The van der Waals surface area contributed by atoms with Crippen LogP contribution in [0.5, 0.6) is 0 Å². The third-order valence-corrected chi connectivity index (χ3v) is 4.10. The molecular formula is C12H13N3O4S. The molecule has 0 radical (unpaired) electrons. The minimum atomic E-state index is -4.00. The highest BCUT2D eigenvalue weighted by atomic mass is 32.2. The fourth-order valence-corrected chi connectivity index (χ4v) is 2.63. The molecule has 3 N–H and O–H groups in total. The van der Waals surface area contributed by atoms with Gasteiger partial charge in [0.15, 0.2) is 0 Å². The van der Waals surface area contributed by atoms with Crippen LogP contribution in [0.2, 0.25) is 0 Å². The summed E-state index contributed by atoms with van der Waals surface area (Å²) in [6, 6.07) is 6.01. The fourth-order valence-electron chi connectivity index (χ4n) is 1.67. The first-order chi connectivity index (χ1) is 9.31. The van der Waals surface area contributed by atoms with Crippen molar-refractivity contribution in [3.8, 4) is 0 Å². The van der Waals surface area contributed by atoms with Crippen LogP contribution in [0.25, 0.3) is 0 Å². The lowest BCUT2D eigenvalue weighted by atomic mass is 10.2. The van der Waals surface area contributed by atoms with E-state index in [9.17, 15) is 18.0 Å². The Morgan fingerprint density at radius 3 is 2.20 bits per heavy atom. The zero-order valence-corrected chi connectivity index (χ0v) is 11.7. The second-order valence-electron chi connectivity index (χ2n) is 4.33. The molecule has 1 aromatic heterocycles. The Morgan fingerprint density at radius 2 is 1.70 bits per heavy atom. The molecule has 0 aliphatic heterocycles. The number of aromatic amines is 2. The predicted octanol–water partition coefficient (Wildman–Crippen LogP) is 0.439. The van der Waals surface area contributed by atoms with Crippen molar-refractivity contribution < 1.29 is 13.2 Å². The number of nitrogens with one attached hydrogen (secondary N) is 3. The molecule has 20 heavy (non-hydrogen) atoms. The van der Waals surface area contributed by atoms with Crippen LogP contribution in [0.15, 0.2) is 34.0 Å². The van der Waals surface area contributed by atoms with Gasteiger partial charge in [-0.1, -0.05) is 17.7 Å². The second kappa shape index (κ2) is 4.97. The molecule has 0 aliphatic rings. The van der Waals surface area contributed by atoms with Gasteiger partial charge in [0.2, 0.25) is 0 Å². The van der Waals surface area contributed by atoms with Crippen LogP contribution in [0, 0.1) is 13.8 Å². The monoisotopic (exact) mass is 295 g/mol. The highest BCUT2D eigenvalue weighted by Gasteiger charge is 2.22. The summed E-state index contributed by atoms with van der Waals surface area (Å²) < 4.78 is 25.9. The van der Waals surface area contributed by atoms with Gasteiger partial charge < -0.3 is 5.10 Å². The van der Waals surface area contributed by atoms with Crippen LogP contribution in [0.3, 0.4) is 0 Å². The molecule has 106 valence electrons. The Bertz CT molecular complexity index is 800. The molecule has 0 atom stereocenters. The van der Waals surface area contributed by atoms with Crippen LogP contribution in [-0.4, -0.2) is 24.5 Å². The van der Waals surface area contributed by atoms with E-state index in [1.807, 2.05) is 11.6 Å². The fraction of sp³-hybridized carbons (Fsp3) is 0.167. The van der Waals surface area contributed by atoms with Gasteiger partial charge >= 0.3 is 0 Å². The van der Waals surface area contributed by atoms with E-state index >= 15 is 0 Å². The Balaban J connectivity index is 2.32. The number of sulfonamides is 1. The third kappa shape index (κ3) is 2.64. The first-order valence-corrected chi connectivity index (χ1v) is 7.20. The van der Waals surface area contributed by atoms with Crippen molar-refractivity contribution >= 4 is 15.9 Å². The molecule has 8 heteroatoms. The lowest BCUT2D eigenvalue weighted by Gasteiger charge is -2.06. The van der Waals surface area contributed by atoms with Gasteiger partial charge in [-0.05, 0) is 26.0 Å². The van der Waals surface area contributed by atoms with Crippen molar-refractivity contribution in [1.82, 2.24) is 14.9 Å². The first-order valence-electron chi connectivity index (χ1n) is 5.72. The number of hydrogen-bond donors (Lipinski definition) is 3. The van der Waals surface area contributed by atoms with E-state index in [4.69, 9.17) is 0 Å². The lowest BCUT2D eigenvalue weighted by molar-refractivity contribution is 0.0980. The van der Waals surface area contributed by atoms with Gasteiger partial charge in [0.25, 0.3) is 21.5 Å². The molecule has 0 fully saturated rings. The minimum Gasteiger partial charge on any atom is -0.302 e. The van der Waals surface area contributed by atoms with E-state index < -0.39 is 21.5 Å². The van der Waals surface area contributed by atoms with E-state index in [-0.39, 0.29) is 16.2 Å². The molecule has 0 bridgehead atoms. The van der Waals surface area contributed by atoms with Crippen LogP contribution in [0.1, 0.15) is 21.6 Å². The van der Waals surface area contributed by atoms with Crippen molar-refractivity contribution in [3.05, 3.63) is 51.4 Å². The maximum Gasteiger partial charge on any atom is 0.277 e. The van der Waals surface area contributed by atoms with Gasteiger partial charge in [-0.2, -0.15) is 0 Å². The Hall–Kier alpha value is -2.35. The van der Waals surface area contributed by atoms with Gasteiger partial charge in [-0.25, -0.2) is 13.1 Å². The summed E-state index contributed by atoms with van der Waals surface area (Å²) in [4.78, 5) is 23.2. The Labute approximate surface area is 115 Å². The molecule has 0 spiro atoms. The van der Waals surface area contributed by atoms with Crippen molar-refractivity contribution in [2.45, 2.75) is 18.7 Å². The first kappa shape index (κ1) is 14.1. The van der Waals surface area contributed by atoms with E-state index in [1.54, 1.807) is 12.1 Å². The smallest absolute Gasteiger partial charge is 0.277 e. The SMILES string of the molecule is Cc1ccc(S(=O)(=O)NC(=O)c2c(C)[nH][nH]c2=O)cc1. The van der Waals surface area contributed by atoms with Gasteiger partial charge in [-0.15, -0.1) is 0 Å². The van der Waals surface area contributed by atoms with Crippen molar-refractivity contribution in [1.29, 1.82) is 0 Å². The number of aromatic nitrogens is 2. The zero-order valence-electron chi connectivity index (χ0n) is 10.9. The van der Waals surface area contributed by atoms with E-state index in [0.717, 1.165) is 5.56 Å². The van der Waals surface area contributed by atoms with Crippen LogP contribution >= 0.6 is 0 Å². The lowest BCUT2D eigenvalue weighted by Crippen LogP contribution is -2.33. The van der Waals surface area contributed by atoms with Crippen molar-refractivity contribution in [2.75, 3.05) is 0 Å². The van der Waals surface area contributed by atoms with Crippen LogP contribution in [0.4, 0.5) is 0 Å². The highest BCUT2D eigenvalue weighted by Crippen LogP contribution is 2.10. The molecule has 1 amide bonds. The molecule has 0 saturated carbocycles. The standard InChI is InChI=1S/C12H13N3O4S/c1-7-3-5-9(6-4-7)20(18,19)15-12(17)10-8(2)13-14-11(10)16/h3-6H,1-2H3,(H,15,17)(H2,13,14,16). The molecule has 0 unspecified atom stereocenters. The quantitative estimate of drug-likeness (QED) is 0.762. The second-order valence-corrected chi connectivity index (χ2v) is 6.01. The highest BCUT2D eigenvalue weighted by molar-refractivity contribution is 7.90. The van der Waals surface area contributed by atoms with Gasteiger partial charge in [0.1, 0.15) is 5.56 Å². The predicted molar refractivity (Wildman–Crippen MR) is 72.0 cm³/mol. The van der Waals surface area contributed by atoms with Crippen LogP contribution in [-0.2, 0) is 10.0 Å². The summed E-state index contributed by atoms with van der Waals surface area (Å²) in [5, 5.41) is 4.67. The average Bonchev–Trinajstić information content (AvgIpc) is 2.69. The maximum atomic E-state index is 12.0. The van der Waals surface area contributed by atoms with Crippen molar-refractivity contribution in [3.63, 3.8) is 0 Å². The third-order valence-electron chi connectivity index (χ3n) is 2.75. The molecule has 7 nitrogen and oxygen atoms in total. The molecule has 2 rings (SSSR count). The summed E-state index contributed by atoms with van der Waals surface area (Å²) in [5.74, 6) is -0.967. The zero-order chi connectivity index (χ0) is 14.9. The van der Waals surface area contributed by atoms with E-state index in [2.05, 4.69) is 10.2 Å². The molecule has 1 heterocycles. The summed E-state index contributed by atoms with van der Waals surface area (Å²) in [6.45, 7) is 3.31. The number of carbonyl (C=O) groups is 1. The number of carbonyl (C=O) groups excluding carboxylic acids is 1. The Kier molecular flexibility index (Phi) is 3.49. The largest absolute Gasteiger partial charge is 0.302 e. The summed E-state index contributed by atoms with van der Waals surface area (Å²) in [6.07, 6.45) is 0. The number of hydrogen-bond acceptors (Lipinski definition) is 4. The number of rotatable bonds is 3. The molecular weight excluding hydrogens is 282 g/mol. The summed E-state index contributed by atoms with van der Waals surface area (Å²) >= 11 is 0.